The van der Waals surface area contributed by atoms with Gasteiger partial charge >= 0.3 is 0 Å². The van der Waals surface area contributed by atoms with Gasteiger partial charge in [-0.15, -0.1) is 0 Å². The number of hydrazone groups is 2. The lowest BCUT2D eigenvalue weighted by Crippen LogP contribution is -2.06. The van der Waals surface area contributed by atoms with Crippen molar-refractivity contribution < 1.29 is 0 Å². The van der Waals surface area contributed by atoms with E-state index in [1.165, 1.54) is 0 Å². The Morgan fingerprint density at radius 3 is 1.65 bits per heavy atom. The van der Waals surface area contributed by atoms with E-state index in [0.717, 1.165) is 32.7 Å². The Kier molecular flexibility index (Phi) is 7.51. The summed E-state index contributed by atoms with van der Waals surface area (Å²) in [5.41, 5.74) is 10.4. The first-order chi connectivity index (χ1) is 16.6. The van der Waals surface area contributed by atoms with Gasteiger partial charge in [0.25, 0.3) is 0 Å². The molecule has 0 amide bonds. The summed E-state index contributed by atoms with van der Waals surface area (Å²) in [6.45, 7) is 3.82. The van der Waals surface area contributed by atoms with Crippen molar-refractivity contribution in [2.75, 3.05) is 16.2 Å². The third-order valence-corrected chi connectivity index (χ3v) is 5.23. The van der Waals surface area contributed by atoms with E-state index >= 15 is 0 Å². The average molecular weight is 516 g/mol. The first-order valence-corrected chi connectivity index (χ1v) is 11.2. The summed E-state index contributed by atoms with van der Waals surface area (Å²) in [5.74, 6) is 1.40. The molecule has 34 heavy (non-hydrogen) atoms. The van der Waals surface area contributed by atoms with Gasteiger partial charge in [-0.2, -0.15) is 20.2 Å². The Labute approximate surface area is 205 Å². The van der Waals surface area contributed by atoms with Crippen LogP contribution >= 0.6 is 15.9 Å². The Balaban J connectivity index is 1.59. The zero-order valence-corrected chi connectivity index (χ0v) is 20.2. The van der Waals surface area contributed by atoms with E-state index in [-0.39, 0.29) is 0 Å². The molecule has 3 aromatic heterocycles. The maximum Gasteiger partial charge on any atom is 0.231 e. The van der Waals surface area contributed by atoms with Gasteiger partial charge in [-0.1, -0.05) is 15.9 Å². The van der Waals surface area contributed by atoms with Gasteiger partial charge in [0.15, 0.2) is 11.6 Å². The van der Waals surface area contributed by atoms with E-state index in [0.29, 0.717) is 17.6 Å². The molecular formula is C24H22BrN9. The van der Waals surface area contributed by atoms with Crippen LogP contribution in [0.3, 0.4) is 0 Å². The zero-order valence-electron chi connectivity index (χ0n) is 18.6. The van der Waals surface area contributed by atoms with Crippen LogP contribution in [0.15, 0.2) is 94.1 Å². The number of hydrogen-bond donors (Lipinski definition) is 3. The summed E-state index contributed by atoms with van der Waals surface area (Å²) in [6.07, 6.45) is 6.91. The van der Waals surface area contributed by atoms with Crippen molar-refractivity contribution in [3.8, 4) is 0 Å². The molecule has 3 heterocycles. The van der Waals surface area contributed by atoms with Crippen LogP contribution in [0.5, 0.6) is 0 Å². The van der Waals surface area contributed by atoms with Gasteiger partial charge in [-0.25, -0.2) is 0 Å². The molecule has 0 atom stereocenters. The number of pyridine rings is 2. The highest BCUT2D eigenvalue weighted by Gasteiger charge is 2.07. The number of halogens is 1. The molecular weight excluding hydrogens is 494 g/mol. The Morgan fingerprint density at radius 2 is 1.18 bits per heavy atom. The van der Waals surface area contributed by atoms with Crippen LogP contribution in [-0.4, -0.2) is 31.4 Å². The molecule has 0 aliphatic heterocycles. The lowest BCUT2D eigenvalue weighted by molar-refractivity contribution is 1.12. The standard InChI is InChI=1S/C24H22BrN9/c1-16(18-7-11-26-12-8-18)31-33-22-15-23(34-32-17(2)19-9-13-27-14-10-19)30-24(29-22)28-21-5-3-20(25)4-6-21/h3-15H,1-2H3,(H3,28,29,30,33,34). The predicted octanol–water partition coefficient (Wildman–Crippen LogP) is 5.44. The highest BCUT2D eigenvalue weighted by molar-refractivity contribution is 9.10. The summed E-state index contributed by atoms with van der Waals surface area (Å²) < 4.78 is 0.985. The predicted molar refractivity (Wildman–Crippen MR) is 140 cm³/mol. The van der Waals surface area contributed by atoms with Crippen LogP contribution in [-0.2, 0) is 0 Å². The number of benzene rings is 1. The smallest absolute Gasteiger partial charge is 0.231 e. The topological polar surface area (TPSA) is 112 Å². The molecule has 3 N–H and O–H groups in total. The van der Waals surface area contributed by atoms with Crippen LogP contribution in [0.1, 0.15) is 25.0 Å². The normalized spacial score (nSPS) is 11.7. The lowest BCUT2D eigenvalue weighted by Gasteiger charge is -2.10. The van der Waals surface area contributed by atoms with Gasteiger partial charge in [0.05, 0.1) is 11.4 Å². The van der Waals surface area contributed by atoms with E-state index in [9.17, 15) is 0 Å². The molecule has 0 fully saturated rings. The van der Waals surface area contributed by atoms with E-state index in [4.69, 9.17) is 0 Å². The van der Waals surface area contributed by atoms with E-state index in [2.05, 4.69) is 62.2 Å². The van der Waals surface area contributed by atoms with Gasteiger partial charge in [-0.3, -0.25) is 20.8 Å². The first kappa shape index (κ1) is 23.0. The minimum absolute atomic E-state index is 0.392. The minimum Gasteiger partial charge on any atom is -0.324 e. The molecule has 10 heteroatoms. The Morgan fingerprint density at radius 1 is 0.706 bits per heavy atom. The third-order valence-electron chi connectivity index (χ3n) is 4.70. The maximum absolute atomic E-state index is 4.54. The molecule has 1 aromatic carbocycles. The fraction of sp³-hybridized carbons (Fsp3) is 0.0833. The second-order valence-electron chi connectivity index (χ2n) is 7.18. The summed E-state index contributed by atoms with van der Waals surface area (Å²) in [5, 5.41) is 12.1. The van der Waals surface area contributed by atoms with Gasteiger partial charge in [0.1, 0.15) is 0 Å². The largest absolute Gasteiger partial charge is 0.324 e. The van der Waals surface area contributed by atoms with Crippen molar-refractivity contribution in [1.82, 2.24) is 19.9 Å². The number of hydrogen-bond acceptors (Lipinski definition) is 9. The monoisotopic (exact) mass is 515 g/mol. The molecule has 170 valence electrons. The fourth-order valence-electron chi connectivity index (χ4n) is 2.88. The maximum atomic E-state index is 4.54. The quantitative estimate of drug-likeness (QED) is 0.211. The molecule has 9 nitrogen and oxygen atoms in total. The van der Waals surface area contributed by atoms with Gasteiger partial charge in [0, 0.05) is 52.1 Å². The molecule has 0 bridgehead atoms. The SMILES string of the molecule is CC(=NNc1cc(NN=C(C)c2ccncc2)nc(Nc2ccc(Br)cc2)n1)c1ccncc1. The molecule has 0 unspecified atom stereocenters. The number of nitrogens with one attached hydrogen (secondary N) is 3. The number of anilines is 4. The van der Waals surface area contributed by atoms with Gasteiger partial charge in [-0.05, 0) is 62.4 Å². The van der Waals surface area contributed by atoms with E-state index in [1.54, 1.807) is 30.9 Å². The molecule has 0 spiro atoms. The van der Waals surface area contributed by atoms with Crippen LogP contribution in [0.25, 0.3) is 0 Å². The second-order valence-corrected chi connectivity index (χ2v) is 8.10. The molecule has 0 saturated carbocycles. The molecule has 0 saturated heterocycles. The molecule has 0 radical (unpaired) electrons. The second kappa shape index (κ2) is 11.1. The number of rotatable bonds is 8. The van der Waals surface area contributed by atoms with Crippen molar-refractivity contribution in [3.05, 3.63) is 95.0 Å². The molecule has 4 rings (SSSR count). The van der Waals surface area contributed by atoms with Gasteiger partial charge < -0.3 is 5.32 Å². The van der Waals surface area contributed by atoms with Gasteiger partial charge in [0.2, 0.25) is 5.95 Å². The van der Waals surface area contributed by atoms with Crippen LogP contribution in [0.2, 0.25) is 0 Å². The van der Waals surface area contributed by atoms with Crippen molar-refractivity contribution in [3.63, 3.8) is 0 Å². The minimum atomic E-state index is 0.392. The number of nitrogens with zero attached hydrogens (tertiary/aromatic N) is 6. The van der Waals surface area contributed by atoms with Crippen LogP contribution < -0.4 is 16.2 Å². The van der Waals surface area contributed by atoms with Crippen molar-refractivity contribution in [1.29, 1.82) is 0 Å². The van der Waals surface area contributed by atoms with E-state index in [1.807, 2.05) is 62.4 Å². The summed E-state index contributed by atoms with van der Waals surface area (Å²) >= 11 is 3.44. The van der Waals surface area contributed by atoms with Crippen LogP contribution in [0.4, 0.5) is 23.3 Å². The first-order valence-electron chi connectivity index (χ1n) is 10.4. The Bertz CT molecular complexity index is 1220. The molecule has 0 aliphatic carbocycles. The van der Waals surface area contributed by atoms with Crippen LogP contribution in [0, 0.1) is 0 Å². The summed E-state index contributed by atoms with van der Waals surface area (Å²) in [6, 6.07) is 17.0. The summed E-state index contributed by atoms with van der Waals surface area (Å²) in [4.78, 5) is 17.2. The van der Waals surface area contributed by atoms with Crippen molar-refractivity contribution in [2.24, 2.45) is 10.2 Å². The zero-order chi connectivity index (χ0) is 23.8. The fourth-order valence-corrected chi connectivity index (χ4v) is 3.14. The van der Waals surface area contributed by atoms with Crippen molar-refractivity contribution in [2.45, 2.75) is 13.8 Å². The molecule has 0 aliphatic rings. The van der Waals surface area contributed by atoms with Crippen molar-refractivity contribution >= 4 is 50.6 Å². The average Bonchev–Trinajstić information content (AvgIpc) is 2.88. The third kappa shape index (κ3) is 6.42. The highest BCUT2D eigenvalue weighted by atomic mass is 79.9. The Hall–Kier alpha value is -4.18. The summed E-state index contributed by atoms with van der Waals surface area (Å²) in [7, 11) is 0. The lowest BCUT2D eigenvalue weighted by atomic mass is 10.2. The van der Waals surface area contributed by atoms with E-state index < -0.39 is 0 Å². The highest BCUT2D eigenvalue weighted by Crippen LogP contribution is 2.20. The molecule has 4 aromatic rings. The number of aromatic nitrogens is 4.